The van der Waals surface area contributed by atoms with Crippen molar-refractivity contribution in [1.29, 1.82) is 0 Å². The van der Waals surface area contributed by atoms with E-state index < -0.39 is 0 Å². The number of rotatable bonds is 2. The molecule has 1 aliphatic rings. The van der Waals surface area contributed by atoms with Gasteiger partial charge < -0.3 is 10.6 Å². The SMILES string of the molecule is CCC1CCCCN1C(=O)c1cnc(N)c(Cl)c1. The molecule has 2 N–H and O–H groups in total. The standard InChI is InChI=1S/C13H18ClN3O/c1-2-10-5-3-4-6-17(10)13(18)9-7-11(14)12(15)16-8-9/h7-8,10H,2-6H2,1H3,(H2,15,16). The summed E-state index contributed by atoms with van der Waals surface area (Å²) < 4.78 is 0. The molecule has 0 aliphatic carbocycles. The molecule has 1 unspecified atom stereocenters. The zero-order chi connectivity index (χ0) is 13.1. The molecule has 4 nitrogen and oxygen atoms in total. The molecule has 5 heteroatoms. The zero-order valence-electron chi connectivity index (χ0n) is 10.5. The third-order valence-corrected chi connectivity index (χ3v) is 3.78. The van der Waals surface area contributed by atoms with Gasteiger partial charge in [0.05, 0.1) is 10.6 Å². The maximum absolute atomic E-state index is 12.4. The van der Waals surface area contributed by atoms with Crippen LogP contribution in [0.15, 0.2) is 12.3 Å². The predicted molar refractivity (Wildman–Crippen MR) is 72.6 cm³/mol. The van der Waals surface area contributed by atoms with Gasteiger partial charge in [0.25, 0.3) is 5.91 Å². The highest BCUT2D eigenvalue weighted by atomic mass is 35.5. The van der Waals surface area contributed by atoms with Crippen LogP contribution >= 0.6 is 11.6 Å². The molecule has 1 atom stereocenters. The van der Waals surface area contributed by atoms with Gasteiger partial charge in [0.1, 0.15) is 5.82 Å². The number of piperidine rings is 1. The summed E-state index contributed by atoms with van der Waals surface area (Å²) in [5.41, 5.74) is 6.08. The van der Waals surface area contributed by atoms with Gasteiger partial charge in [-0.05, 0) is 31.7 Å². The third-order valence-electron chi connectivity index (χ3n) is 3.48. The van der Waals surface area contributed by atoms with Crippen LogP contribution < -0.4 is 5.73 Å². The number of hydrogen-bond donors (Lipinski definition) is 1. The van der Waals surface area contributed by atoms with E-state index in [9.17, 15) is 4.79 Å². The average Bonchev–Trinajstić information content (AvgIpc) is 2.41. The zero-order valence-corrected chi connectivity index (χ0v) is 11.3. The molecule has 1 aromatic rings. The molecule has 0 bridgehead atoms. The van der Waals surface area contributed by atoms with Crippen molar-refractivity contribution in [2.24, 2.45) is 0 Å². The Morgan fingerprint density at radius 1 is 1.61 bits per heavy atom. The predicted octanol–water partition coefficient (Wildman–Crippen LogP) is 2.72. The van der Waals surface area contributed by atoms with Gasteiger partial charge in [0.2, 0.25) is 0 Å². The van der Waals surface area contributed by atoms with Gasteiger partial charge in [0.15, 0.2) is 0 Å². The van der Waals surface area contributed by atoms with E-state index in [0.29, 0.717) is 16.6 Å². The first-order valence-corrected chi connectivity index (χ1v) is 6.73. The van der Waals surface area contributed by atoms with Gasteiger partial charge in [-0.25, -0.2) is 4.98 Å². The molecule has 0 spiro atoms. The first-order chi connectivity index (χ1) is 8.63. The van der Waals surface area contributed by atoms with Crippen LogP contribution in [0.3, 0.4) is 0 Å². The molecule has 2 rings (SSSR count). The van der Waals surface area contributed by atoms with Gasteiger partial charge in [-0.1, -0.05) is 18.5 Å². The Balaban J connectivity index is 2.21. The Labute approximate surface area is 112 Å². The molecule has 1 saturated heterocycles. The fourth-order valence-corrected chi connectivity index (χ4v) is 2.59. The van der Waals surface area contributed by atoms with Crippen molar-refractivity contribution >= 4 is 23.3 Å². The first-order valence-electron chi connectivity index (χ1n) is 6.35. The maximum Gasteiger partial charge on any atom is 0.255 e. The number of aromatic nitrogens is 1. The van der Waals surface area contributed by atoms with Gasteiger partial charge in [-0.2, -0.15) is 0 Å². The monoisotopic (exact) mass is 267 g/mol. The Hall–Kier alpha value is -1.29. The van der Waals surface area contributed by atoms with E-state index in [2.05, 4.69) is 11.9 Å². The second-order valence-electron chi connectivity index (χ2n) is 4.65. The topological polar surface area (TPSA) is 59.2 Å². The van der Waals surface area contributed by atoms with E-state index in [-0.39, 0.29) is 11.7 Å². The van der Waals surface area contributed by atoms with Crippen molar-refractivity contribution < 1.29 is 4.79 Å². The van der Waals surface area contributed by atoms with Gasteiger partial charge in [0, 0.05) is 18.8 Å². The van der Waals surface area contributed by atoms with Crippen LogP contribution in [0.2, 0.25) is 5.02 Å². The van der Waals surface area contributed by atoms with Crippen LogP contribution in [0, 0.1) is 0 Å². The third kappa shape index (κ3) is 2.58. The number of nitrogen functional groups attached to an aromatic ring is 1. The van der Waals surface area contributed by atoms with Gasteiger partial charge >= 0.3 is 0 Å². The highest BCUT2D eigenvalue weighted by molar-refractivity contribution is 6.33. The van der Waals surface area contributed by atoms with E-state index in [1.165, 1.54) is 12.6 Å². The molecule has 1 aromatic heterocycles. The molecule has 1 aliphatic heterocycles. The van der Waals surface area contributed by atoms with E-state index in [1.807, 2.05) is 4.90 Å². The molecule has 98 valence electrons. The lowest BCUT2D eigenvalue weighted by Crippen LogP contribution is -2.43. The smallest absolute Gasteiger partial charge is 0.255 e. The number of carbonyl (C=O) groups is 1. The minimum Gasteiger partial charge on any atom is -0.382 e. The molecule has 0 radical (unpaired) electrons. The highest BCUT2D eigenvalue weighted by Gasteiger charge is 2.26. The van der Waals surface area contributed by atoms with Crippen LogP contribution in [-0.2, 0) is 0 Å². The minimum absolute atomic E-state index is 0.0101. The van der Waals surface area contributed by atoms with Crippen molar-refractivity contribution in [3.63, 3.8) is 0 Å². The fourth-order valence-electron chi connectivity index (χ4n) is 2.42. The number of pyridine rings is 1. The Bertz CT molecular complexity index is 450. The van der Waals surface area contributed by atoms with Gasteiger partial charge in [-0.3, -0.25) is 4.79 Å². The summed E-state index contributed by atoms with van der Waals surface area (Å²) in [5, 5.41) is 0.339. The Morgan fingerprint density at radius 2 is 2.39 bits per heavy atom. The number of nitrogens with two attached hydrogens (primary N) is 1. The summed E-state index contributed by atoms with van der Waals surface area (Å²) in [6.45, 7) is 2.93. The lowest BCUT2D eigenvalue weighted by atomic mass is 9.99. The van der Waals surface area contributed by atoms with Crippen molar-refractivity contribution in [3.8, 4) is 0 Å². The first kappa shape index (κ1) is 13.1. The van der Waals surface area contributed by atoms with Gasteiger partial charge in [-0.15, -0.1) is 0 Å². The van der Waals surface area contributed by atoms with Crippen LogP contribution in [0.1, 0.15) is 43.0 Å². The maximum atomic E-state index is 12.4. The van der Waals surface area contributed by atoms with Crippen molar-refractivity contribution in [2.75, 3.05) is 12.3 Å². The number of amides is 1. The molecule has 18 heavy (non-hydrogen) atoms. The number of nitrogens with zero attached hydrogens (tertiary/aromatic N) is 2. The van der Waals surface area contributed by atoms with Crippen molar-refractivity contribution in [1.82, 2.24) is 9.88 Å². The van der Waals surface area contributed by atoms with Crippen LogP contribution in [0.5, 0.6) is 0 Å². The van der Waals surface area contributed by atoms with Crippen LogP contribution in [-0.4, -0.2) is 28.4 Å². The number of likely N-dealkylation sites (tertiary alicyclic amines) is 1. The fraction of sp³-hybridized carbons (Fsp3) is 0.538. The molecule has 1 amide bonds. The van der Waals surface area contributed by atoms with Crippen molar-refractivity contribution in [3.05, 3.63) is 22.8 Å². The summed E-state index contributed by atoms with van der Waals surface area (Å²) in [6, 6.07) is 1.94. The number of hydrogen-bond acceptors (Lipinski definition) is 3. The van der Waals surface area contributed by atoms with E-state index in [4.69, 9.17) is 17.3 Å². The summed E-state index contributed by atoms with van der Waals surface area (Å²) >= 11 is 5.91. The lowest BCUT2D eigenvalue weighted by Gasteiger charge is -2.35. The Morgan fingerprint density at radius 3 is 3.06 bits per heavy atom. The largest absolute Gasteiger partial charge is 0.382 e. The summed E-state index contributed by atoms with van der Waals surface area (Å²) in [5.74, 6) is 0.273. The van der Waals surface area contributed by atoms with Crippen LogP contribution in [0.4, 0.5) is 5.82 Å². The minimum atomic E-state index is 0.0101. The summed E-state index contributed by atoms with van der Waals surface area (Å²) in [4.78, 5) is 18.3. The normalized spacial score (nSPS) is 19.9. The number of anilines is 1. The number of carbonyl (C=O) groups excluding carboxylic acids is 1. The highest BCUT2D eigenvalue weighted by Crippen LogP contribution is 2.23. The molecule has 0 aromatic carbocycles. The molecular formula is C13H18ClN3O. The average molecular weight is 268 g/mol. The molecule has 0 saturated carbocycles. The second kappa shape index (κ2) is 5.57. The lowest BCUT2D eigenvalue weighted by molar-refractivity contribution is 0.0607. The molecule has 2 heterocycles. The van der Waals surface area contributed by atoms with Crippen molar-refractivity contribution in [2.45, 2.75) is 38.6 Å². The van der Waals surface area contributed by atoms with E-state index in [1.54, 1.807) is 6.07 Å². The number of halogens is 1. The summed E-state index contributed by atoms with van der Waals surface area (Å²) in [6.07, 6.45) is 5.84. The Kier molecular flexibility index (Phi) is 4.07. The second-order valence-corrected chi connectivity index (χ2v) is 5.05. The van der Waals surface area contributed by atoms with E-state index in [0.717, 1.165) is 25.8 Å². The molecular weight excluding hydrogens is 250 g/mol. The van der Waals surface area contributed by atoms with Crippen LogP contribution in [0.25, 0.3) is 0 Å². The quantitative estimate of drug-likeness (QED) is 0.896. The summed E-state index contributed by atoms with van der Waals surface area (Å²) in [7, 11) is 0. The van der Waals surface area contributed by atoms with E-state index >= 15 is 0 Å². The molecule has 1 fully saturated rings.